The molecule has 1 amide bonds. The Labute approximate surface area is 122 Å². The van der Waals surface area contributed by atoms with Gasteiger partial charge >= 0.3 is 6.09 Å². The summed E-state index contributed by atoms with van der Waals surface area (Å²) in [5.74, 6) is 0.628. The Hall–Kier alpha value is -2.44. The average molecular weight is 287 g/mol. The number of aromatic nitrogens is 4. The summed E-state index contributed by atoms with van der Waals surface area (Å²) in [4.78, 5) is 14.0. The molecule has 2 aromatic rings. The summed E-state index contributed by atoms with van der Waals surface area (Å²) in [5, 5.41) is 13.9. The Kier molecular flexibility index (Phi) is 4.09. The first-order chi connectivity index (χ1) is 10.3. The van der Waals surface area contributed by atoms with E-state index in [0.29, 0.717) is 18.9 Å². The van der Waals surface area contributed by atoms with E-state index in [0.717, 1.165) is 24.9 Å². The van der Waals surface area contributed by atoms with Crippen molar-refractivity contribution in [3.63, 3.8) is 0 Å². The number of carbonyl (C=O) groups excluding carboxylic acids is 1. The van der Waals surface area contributed by atoms with E-state index in [1.165, 1.54) is 0 Å². The van der Waals surface area contributed by atoms with Gasteiger partial charge in [-0.05, 0) is 18.4 Å². The molecule has 1 saturated heterocycles. The summed E-state index contributed by atoms with van der Waals surface area (Å²) in [6.45, 7) is 1.02. The topological polar surface area (TPSA) is 84.0 Å². The summed E-state index contributed by atoms with van der Waals surface area (Å²) < 4.78 is 5.38. The lowest BCUT2D eigenvalue weighted by Gasteiger charge is -2.23. The van der Waals surface area contributed by atoms with E-state index in [1.807, 2.05) is 30.3 Å². The first kappa shape index (κ1) is 13.5. The van der Waals surface area contributed by atoms with Gasteiger partial charge in [0.1, 0.15) is 6.61 Å². The van der Waals surface area contributed by atoms with Gasteiger partial charge in [-0.1, -0.05) is 35.5 Å². The molecule has 1 atom stereocenters. The van der Waals surface area contributed by atoms with Gasteiger partial charge in [0.15, 0.2) is 5.82 Å². The molecule has 1 fully saturated rings. The second-order valence-electron chi connectivity index (χ2n) is 5.06. The number of tetrazole rings is 1. The van der Waals surface area contributed by atoms with Crippen molar-refractivity contribution in [2.45, 2.75) is 31.9 Å². The minimum atomic E-state index is -0.273. The summed E-state index contributed by atoms with van der Waals surface area (Å²) in [5.41, 5.74) is 0.986. The minimum Gasteiger partial charge on any atom is -0.445 e. The molecule has 1 N–H and O–H groups in total. The molecule has 0 saturated carbocycles. The molecule has 0 radical (unpaired) electrons. The Bertz CT molecular complexity index is 572. The van der Waals surface area contributed by atoms with Crippen LogP contribution in [-0.4, -0.2) is 44.2 Å². The number of carbonyl (C=O) groups is 1. The smallest absolute Gasteiger partial charge is 0.410 e. The zero-order valence-corrected chi connectivity index (χ0v) is 11.6. The van der Waals surface area contributed by atoms with E-state index in [1.54, 1.807) is 4.90 Å². The van der Waals surface area contributed by atoms with Crippen LogP contribution in [-0.2, 0) is 17.8 Å². The molecular weight excluding hydrogens is 270 g/mol. The van der Waals surface area contributed by atoms with E-state index < -0.39 is 0 Å². The number of nitrogens with one attached hydrogen (secondary N) is 1. The van der Waals surface area contributed by atoms with Crippen LogP contribution in [0.15, 0.2) is 30.3 Å². The predicted molar refractivity (Wildman–Crippen MR) is 74.2 cm³/mol. The second-order valence-corrected chi connectivity index (χ2v) is 5.06. The fourth-order valence-electron chi connectivity index (χ4n) is 2.57. The number of nitrogens with zero attached hydrogens (tertiary/aromatic N) is 4. The van der Waals surface area contributed by atoms with E-state index in [9.17, 15) is 4.79 Å². The van der Waals surface area contributed by atoms with Crippen LogP contribution in [0.5, 0.6) is 0 Å². The van der Waals surface area contributed by atoms with E-state index in [-0.39, 0.29) is 12.1 Å². The van der Waals surface area contributed by atoms with Gasteiger partial charge in [-0.3, -0.25) is 0 Å². The van der Waals surface area contributed by atoms with Gasteiger partial charge in [0.25, 0.3) is 0 Å². The van der Waals surface area contributed by atoms with Crippen LogP contribution >= 0.6 is 0 Å². The molecular formula is C14H17N5O2. The van der Waals surface area contributed by atoms with Gasteiger partial charge in [0.2, 0.25) is 0 Å². The number of likely N-dealkylation sites (tertiary alicyclic amines) is 1. The number of H-pyrrole nitrogens is 1. The second kappa shape index (κ2) is 6.34. The maximum Gasteiger partial charge on any atom is 0.410 e. The number of benzene rings is 1. The lowest BCUT2D eigenvalue weighted by Crippen LogP contribution is -2.37. The van der Waals surface area contributed by atoms with Crippen LogP contribution in [0.25, 0.3) is 0 Å². The number of rotatable bonds is 4. The van der Waals surface area contributed by atoms with E-state index in [4.69, 9.17) is 4.74 Å². The Balaban J connectivity index is 1.55. The first-order valence-corrected chi connectivity index (χ1v) is 7.02. The molecule has 2 heterocycles. The number of aromatic amines is 1. The van der Waals surface area contributed by atoms with E-state index in [2.05, 4.69) is 20.6 Å². The van der Waals surface area contributed by atoms with Crippen molar-refractivity contribution in [2.24, 2.45) is 0 Å². The molecule has 1 aromatic carbocycles. The highest BCUT2D eigenvalue weighted by molar-refractivity contribution is 5.68. The maximum atomic E-state index is 12.2. The number of hydrogen-bond acceptors (Lipinski definition) is 5. The summed E-state index contributed by atoms with van der Waals surface area (Å²) in [6.07, 6.45) is 2.25. The van der Waals surface area contributed by atoms with Gasteiger partial charge < -0.3 is 9.64 Å². The molecule has 21 heavy (non-hydrogen) atoms. The van der Waals surface area contributed by atoms with Gasteiger partial charge in [0.05, 0.1) is 0 Å². The zero-order chi connectivity index (χ0) is 14.5. The monoisotopic (exact) mass is 287 g/mol. The van der Waals surface area contributed by atoms with E-state index >= 15 is 0 Å². The van der Waals surface area contributed by atoms with Crippen molar-refractivity contribution in [2.75, 3.05) is 6.54 Å². The van der Waals surface area contributed by atoms with Crippen molar-refractivity contribution < 1.29 is 9.53 Å². The summed E-state index contributed by atoms with van der Waals surface area (Å²) in [7, 11) is 0. The largest absolute Gasteiger partial charge is 0.445 e. The van der Waals surface area contributed by atoms with Gasteiger partial charge in [0, 0.05) is 19.0 Å². The lowest BCUT2D eigenvalue weighted by molar-refractivity contribution is 0.0918. The highest BCUT2D eigenvalue weighted by Crippen LogP contribution is 2.21. The lowest BCUT2D eigenvalue weighted by atomic mass is 10.1. The molecule has 0 spiro atoms. The SMILES string of the molecule is O=C(OCc1ccccc1)N1CCC[C@H]1Cc1nn[nH]n1. The van der Waals surface area contributed by atoms with Crippen LogP contribution in [0.3, 0.4) is 0 Å². The van der Waals surface area contributed by atoms with Crippen LogP contribution in [0.2, 0.25) is 0 Å². The number of amides is 1. The van der Waals surface area contributed by atoms with Crippen LogP contribution < -0.4 is 0 Å². The fraction of sp³-hybridized carbons (Fsp3) is 0.429. The number of ether oxygens (including phenoxy) is 1. The number of hydrogen-bond donors (Lipinski definition) is 1. The van der Waals surface area contributed by atoms with Crippen LogP contribution in [0.4, 0.5) is 4.79 Å². The van der Waals surface area contributed by atoms with Crippen molar-refractivity contribution in [1.82, 2.24) is 25.5 Å². The van der Waals surface area contributed by atoms with Gasteiger partial charge in [-0.2, -0.15) is 5.21 Å². The third-order valence-corrected chi connectivity index (χ3v) is 3.62. The third kappa shape index (κ3) is 3.36. The predicted octanol–water partition coefficient (Wildman–Crippen LogP) is 1.54. The van der Waals surface area contributed by atoms with Crippen molar-refractivity contribution in [3.05, 3.63) is 41.7 Å². The summed E-state index contributed by atoms with van der Waals surface area (Å²) >= 11 is 0. The average Bonchev–Trinajstić information content (AvgIpc) is 3.18. The molecule has 0 unspecified atom stereocenters. The summed E-state index contributed by atoms with van der Waals surface area (Å²) in [6, 6.07) is 9.76. The van der Waals surface area contributed by atoms with Crippen LogP contribution in [0.1, 0.15) is 24.2 Å². The van der Waals surface area contributed by atoms with Crippen LogP contribution in [0, 0.1) is 0 Å². The fourth-order valence-corrected chi connectivity index (χ4v) is 2.57. The molecule has 7 nitrogen and oxygen atoms in total. The highest BCUT2D eigenvalue weighted by atomic mass is 16.6. The molecule has 1 aliphatic heterocycles. The Morgan fingerprint density at radius 2 is 2.24 bits per heavy atom. The molecule has 7 heteroatoms. The maximum absolute atomic E-state index is 12.2. The molecule has 0 bridgehead atoms. The standard InChI is InChI=1S/C14H17N5O2/c20-14(21-10-11-5-2-1-3-6-11)19-8-4-7-12(19)9-13-15-17-18-16-13/h1-3,5-6,12H,4,7-10H2,(H,15,16,17,18)/t12-/m0/s1. The molecule has 1 aromatic heterocycles. The normalized spacial score (nSPS) is 17.9. The minimum absolute atomic E-state index is 0.0888. The highest BCUT2D eigenvalue weighted by Gasteiger charge is 2.30. The molecule has 3 rings (SSSR count). The van der Waals surface area contributed by atoms with Gasteiger partial charge in [-0.15, -0.1) is 10.2 Å². The first-order valence-electron chi connectivity index (χ1n) is 7.02. The third-order valence-electron chi connectivity index (χ3n) is 3.62. The Morgan fingerprint density at radius 3 is 3.00 bits per heavy atom. The van der Waals surface area contributed by atoms with Crippen molar-refractivity contribution in [3.8, 4) is 0 Å². The molecule has 110 valence electrons. The molecule has 1 aliphatic rings. The quantitative estimate of drug-likeness (QED) is 0.922. The molecule has 0 aliphatic carbocycles. The Morgan fingerprint density at radius 1 is 1.38 bits per heavy atom. The zero-order valence-electron chi connectivity index (χ0n) is 11.6. The van der Waals surface area contributed by atoms with Crippen molar-refractivity contribution >= 4 is 6.09 Å². The van der Waals surface area contributed by atoms with Gasteiger partial charge in [-0.25, -0.2) is 4.79 Å². The van der Waals surface area contributed by atoms with Crippen molar-refractivity contribution in [1.29, 1.82) is 0 Å².